The smallest absolute Gasteiger partial charge is 0.338 e. The van der Waals surface area contributed by atoms with Gasteiger partial charge in [0.1, 0.15) is 5.75 Å². The van der Waals surface area contributed by atoms with Crippen LogP contribution in [0.4, 0.5) is 5.69 Å². The zero-order valence-corrected chi connectivity index (χ0v) is 15.2. The predicted octanol–water partition coefficient (Wildman–Crippen LogP) is 2.28. The Labute approximate surface area is 151 Å². The van der Waals surface area contributed by atoms with Gasteiger partial charge in [-0.1, -0.05) is 12.1 Å². The number of hydrogen-bond donors (Lipinski definition) is 1. The number of hydrogen-bond acceptors (Lipinski definition) is 6. The van der Waals surface area contributed by atoms with Crippen LogP contribution in [0.15, 0.2) is 53.4 Å². The number of benzene rings is 2. The Morgan fingerprint density at radius 1 is 1.08 bits per heavy atom. The van der Waals surface area contributed by atoms with Crippen molar-refractivity contribution in [3.63, 3.8) is 0 Å². The van der Waals surface area contributed by atoms with Gasteiger partial charge in [-0.3, -0.25) is 4.79 Å². The number of amides is 1. The van der Waals surface area contributed by atoms with Gasteiger partial charge >= 0.3 is 5.97 Å². The van der Waals surface area contributed by atoms with Crippen molar-refractivity contribution in [2.24, 2.45) is 0 Å². The minimum absolute atomic E-state index is 0.110. The number of carbonyl (C=O) groups is 2. The van der Waals surface area contributed by atoms with E-state index in [2.05, 4.69) is 5.32 Å². The molecule has 0 aromatic heterocycles. The molecule has 0 aliphatic carbocycles. The number of carbonyl (C=O) groups excluding carboxylic acids is 2. The Kier molecular flexibility index (Phi) is 6.35. The van der Waals surface area contributed by atoms with Crippen molar-refractivity contribution < 1.29 is 27.5 Å². The fourth-order valence-corrected chi connectivity index (χ4v) is 2.74. The molecule has 7 nitrogen and oxygen atoms in total. The Hall–Kier alpha value is -2.87. The fraction of sp³-hybridized carbons (Fsp3) is 0.222. The number of esters is 1. The maximum atomic E-state index is 12.0. The van der Waals surface area contributed by atoms with E-state index in [1.165, 1.54) is 24.3 Å². The maximum Gasteiger partial charge on any atom is 0.338 e. The summed E-state index contributed by atoms with van der Waals surface area (Å²) in [6.45, 7) is 1.68. The number of ether oxygens (including phenoxy) is 2. The molecule has 0 saturated carbocycles. The summed E-state index contributed by atoms with van der Waals surface area (Å²) in [5.74, 6) is -0.590. The molecule has 0 heterocycles. The van der Waals surface area contributed by atoms with Gasteiger partial charge in [-0.25, -0.2) is 13.2 Å². The van der Waals surface area contributed by atoms with E-state index in [-0.39, 0.29) is 18.1 Å². The first kappa shape index (κ1) is 19.5. The molecule has 0 aliphatic rings. The van der Waals surface area contributed by atoms with Crippen molar-refractivity contribution in [2.75, 3.05) is 24.8 Å². The molecule has 0 fully saturated rings. The summed E-state index contributed by atoms with van der Waals surface area (Å²) in [7, 11) is -3.36. The van der Waals surface area contributed by atoms with Gasteiger partial charge in [0.15, 0.2) is 16.4 Å². The van der Waals surface area contributed by atoms with Crippen LogP contribution in [0.2, 0.25) is 0 Å². The summed E-state index contributed by atoms with van der Waals surface area (Å²) in [6, 6.07) is 12.2. The van der Waals surface area contributed by atoms with Crippen LogP contribution in [0.3, 0.4) is 0 Å². The molecule has 26 heavy (non-hydrogen) atoms. The van der Waals surface area contributed by atoms with Crippen molar-refractivity contribution in [1.29, 1.82) is 0 Å². The summed E-state index contributed by atoms with van der Waals surface area (Å²) < 4.78 is 33.4. The molecule has 0 unspecified atom stereocenters. The second-order valence-electron chi connectivity index (χ2n) is 5.39. The van der Waals surface area contributed by atoms with Crippen LogP contribution in [0.5, 0.6) is 5.75 Å². The third-order valence-corrected chi connectivity index (χ3v) is 4.37. The van der Waals surface area contributed by atoms with Gasteiger partial charge in [0.05, 0.1) is 17.1 Å². The van der Waals surface area contributed by atoms with Gasteiger partial charge in [0.25, 0.3) is 5.91 Å². The molecule has 1 amide bonds. The van der Waals surface area contributed by atoms with E-state index in [9.17, 15) is 18.0 Å². The van der Waals surface area contributed by atoms with E-state index in [4.69, 9.17) is 9.47 Å². The molecule has 138 valence electrons. The number of nitrogens with one attached hydrogen (secondary N) is 1. The molecule has 0 saturated heterocycles. The Balaban J connectivity index is 1.97. The van der Waals surface area contributed by atoms with Crippen LogP contribution >= 0.6 is 0 Å². The van der Waals surface area contributed by atoms with E-state index < -0.39 is 21.7 Å². The summed E-state index contributed by atoms with van der Waals surface area (Å²) in [5.41, 5.74) is 0.674. The van der Waals surface area contributed by atoms with E-state index in [1.807, 2.05) is 0 Å². The second kappa shape index (κ2) is 8.48. The molecule has 0 radical (unpaired) electrons. The van der Waals surface area contributed by atoms with Crippen LogP contribution in [-0.2, 0) is 19.4 Å². The third-order valence-electron chi connectivity index (χ3n) is 3.26. The van der Waals surface area contributed by atoms with E-state index in [0.29, 0.717) is 17.0 Å². The minimum Gasteiger partial charge on any atom is -0.484 e. The molecule has 1 N–H and O–H groups in total. The van der Waals surface area contributed by atoms with Crippen LogP contribution in [0.25, 0.3) is 0 Å². The normalized spacial score (nSPS) is 10.8. The van der Waals surface area contributed by atoms with Crippen molar-refractivity contribution in [2.45, 2.75) is 11.8 Å². The highest BCUT2D eigenvalue weighted by atomic mass is 32.2. The van der Waals surface area contributed by atoms with Crippen molar-refractivity contribution in [3.05, 3.63) is 54.1 Å². The van der Waals surface area contributed by atoms with E-state index in [0.717, 1.165) is 6.26 Å². The zero-order valence-electron chi connectivity index (χ0n) is 14.4. The van der Waals surface area contributed by atoms with Crippen LogP contribution in [0, 0.1) is 0 Å². The first-order valence-electron chi connectivity index (χ1n) is 7.79. The molecule has 0 bridgehead atoms. The second-order valence-corrected chi connectivity index (χ2v) is 7.40. The molecule has 2 rings (SSSR count). The zero-order chi connectivity index (χ0) is 19.2. The molecule has 0 atom stereocenters. The topological polar surface area (TPSA) is 98.8 Å². The summed E-state index contributed by atoms with van der Waals surface area (Å²) >= 11 is 0. The van der Waals surface area contributed by atoms with Gasteiger partial charge in [-0.15, -0.1) is 0 Å². The number of rotatable bonds is 7. The van der Waals surface area contributed by atoms with Gasteiger partial charge in [0.2, 0.25) is 0 Å². The quantitative estimate of drug-likeness (QED) is 0.743. The maximum absolute atomic E-state index is 12.0. The van der Waals surface area contributed by atoms with Crippen molar-refractivity contribution in [1.82, 2.24) is 0 Å². The van der Waals surface area contributed by atoms with Crippen LogP contribution < -0.4 is 10.1 Å². The molecular formula is C18H19NO6S. The van der Waals surface area contributed by atoms with Gasteiger partial charge in [0, 0.05) is 11.9 Å². The Morgan fingerprint density at radius 2 is 1.81 bits per heavy atom. The van der Waals surface area contributed by atoms with E-state index >= 15 is 0 Å². The molecular weight excluding hydrogens is 358 g/mol. The summed E-state index contributed by atoms with van der Waals surface area (Å²) in [5, 5.41) is 2.56. The van der Waals surface area contributed by atoms with Gasteiger partial charge in [-0.05, 0) is 43.3 Å². The van der Waals surface area contributed by atoms with Crippen molar-refractivity contribution in [3.8, 4) is 5.75 Å². The minimum atomic E-state index is -3.36. The average molecular weight is 377 g/mol. The SMILES string of the molecule is CCOC(=O)c1cccc(OCC(=O)Nc2cccc(S(C)(=O)=O)c2)c1. The Morgan fingerprint density at radius 3 is 2.50 bits per heavy atom. The Bertz CT molecular complexity index is 907. The lowest BCUT2D eigenvalue weighted by Crippen LogP contribution is -2.20. The van der Waals surface area contributed by atoms with Crippen LogP contribution in [0.1, 0.15) is 17.3 Å². The lowest BCUT2D eigenvalue weighted by molar-refractivity contribution is -0.118. The summed E-state index contributed by atoms with van der Waals surface area (Å²) in [4.78, 5) is 23.8. The molecule has 2 aromatic carbocycles. The highest BCUT2D eigenvalue weighted by Gasteiger charge is 2.11. The summed E-state index contributed by atoms with van der Waals surface area (Å²) in [6.07, 6.45) is 1.09. The molecule has 2 aromatic rings. The standard InChI is InChI=1S/C18H19NO6S/c1-3-24-18(21)13-6-4-8-15(10-13)25-12-17(20)19-14-7-5-9-16(11-14)26(2,22)23/h4-11H,3,12H2,1-2H3,(H,19,20). The first-order chi connectivity index (χ1) is 12.3. The average Bonchev–Trinajstić information content (AvgIpc) is 2.60. The van der Waals surface area contributed by atoms with Crippen LogP contribution in [-0.4, -0.2) is 39.8 Å². The van der Waals surface area contributed by atoms with Crippen molar-refractivity contribution >= 4 is 27.4 Å². The fourth-order valence-electron chi connectivity index (χ4n) is 2.08. The van der Waals surface area contributed by atoms with E-state index in [1.54, 1.807) is 31.2 Å². The monoisotopic (exact) mass is 377 g/mol. The molecule has 8 heteroatoms. The first-order valence-corrected chi connectivity index (χ1v) is 9.68. The lowest BCUT2D eigenvalue weighted by atomic mass is 10.2. The number of anilines is 1. The van der Waals surface area contributed by atoms with Gasteiger partial charge < -0.3 is 14.8 Å². The lowest BCUT2D eigenvalue weighted by Gasteiger charge is -2.09. The third kappa shape index (κ3) is 5.59. The highest BCUT2D eigenvalue weighted by molar-refractivity contribution is 7.90. The number of sulfone groups is 1. The van der Waals surface area contributed by atoms with Gasteiger partial charge in [-0.2, -0.15) is 0 Å². The largest absolute Gasteiger partial charge is 0.484 e. The molecule has 0 spiro atoms. The molecule has 0 aliphatic heterocycles. The highest BCUT2D eigenvalue weighted by Crippen LogP contribution is 2.16. The predicted molar refractivity (Wildman–Crippen MR) is 96.1 cm³/mol.